The van der Waals surface area contributed by atoms with E-state index in [4.69, 9.17) is 23.8 Å². The van der Waals surface area contributed by atoms with Gasteiger partial charge in [0.1, 0.15) is 22.3 Å². The summed E-state index contributed by atoms with van der Waals surface area (Å²) in [5.41, 5.74) is 11.5. The Bertz CT molecular complexity index is 3460. The second-order valence-electron chi connectivity index (χ2n) is 15.2. The zero-order valence-electron chi connectivity index (χ0n) is 31.4. The van der Waals surface area contributed by atoms with Crippen LogP contribution in [0.5, 0.6) is 0 Å². The van der Waals surface area contributed by atoms with Crippen LogP contribution in [0.2, 0.25) is 0 Å². The normalized spacial score (nSPS) is 14.0. The maximum Gasteiger partial charge on any atom is 0.167 e. The van der Waals surface area contributed by atoms with Crippen molar-refractivity contribution in [3.05, 3.63) is 168 Å². The van der Waals surface area contributed by atoms with Crippen molar-refractivity contribution >= 4 is 71.4 Å². The molecule has 274 valence electrons. The van der Waals surface area contributed by atoms with Gasteiger partial charge in [0.15, 0.2) is 17.5 Å². The van der Waals surface area contributed by atoms with Gasteiger partial charge in [0.2, 0.25) is 0 Å². The summed E-state index contributed by atoms with van der Waals surface area (Å²) in [6, 6.07) is 52.5. The predicted molar refractivity (Wildman–Crippen MR) is 239 cm³/mol. The summed E-state index contributed by atoms with van der Waals surface area (Å²) in [5.74, 6) is 2.19. The lowest BCUT2D eigenvalue weighted by atomic mass is 9.91. The molecule has 1 aliphatic rings. The highest BCUT2D eigenvalue weighted by molar-refractivity contribution is 7.19. The molecule has 1 aliphatic carbocycles. The van der Waals surface area contributed by atoms with Crippen molar-refractivity contribution in [2.45, 2.75) is 13.3 Å². The minimum absolute atomic E-state index is 0.522. The Morgan fingerprint density at radius 2 is 1.17 bits per heavy atom. The van der Waals surface area contributed by atoms with Crippen molar-refractivity contribution in [3.8, 4) is 56.4 Å². The topological polar surface area (TPSA) is 65.0 Å². The van der Waals surface area contributed by atoms with E-state index in [2.05, 4.69) is 128 Å². The van der Waals surface area contributed by atoms with Crippen LogP contribution in [0.4, 0.5) is 0 Å². The molecule has 1 atom stereocenters. The minimum atomic E-state index is 0.522. The van der Waals surface area contributed by atoms with E-state index in [9.17, 15) is 0 Å². The van der Waals surface area contributed by atoms with Crippen LogP contribution in [0.15, 0.2) is 167 Å². The SMILES string of the molecule is CC1C=Cc2c(sc3cccc(-c4cc(-c5nc(-c6cccc(-c7ccccc7)c6)nc(-c6cccc7c6oc6ccccc67)n5)c5c(c4)oc4ccccc45)c23)C1. The largest absolute Gasteiger partial charge is 0.456 e. The fourth-order valence-corrected chi connectivity index (χ4v) is 10.1. The zero-order chi connectivity index (χ0) is 38.3. The van der Waals surface area contributed by atoms with Crippen molar-refractivity contribution in [2.75, 3.05) is 0 Å². The summed E-state index contributed by atoms with van der Waals surface area (Å²) < 4.78 is 14.5. The molecule has 4 aromatic heterocycles. The lowest BCUT2D eigenvalue weighted by Gasteiger charge is -2.14. The van der Waals surface area contributed by atoms with Crippen molar-refractivity contribution < 1.29 is 8.83 Å². The van der Waals surface area contributed by atoms with Crippen LogP contribution in [-0.4, -0.2) is 15.0 Å². The minimum Gasteiger partial charge on any atom is -0.456 e. The average Bonchev–Trinajstić information content (AvgIpc) is 3.97. The standard InChI is InChI=1S/C52H33N3O2S/c1-30-24-25-39-46(26-30)58-45-23-11-18-35(48(39)45)34-28-41(47-38-17-6-8-22-43(38)56-44(47)29-34)52-54-50(33-15-9-14-32(27-33)31-12-3-2-4-13-31)53-51(55-52)40-20-10-19-37-36-16-5-7-21-42(36)57-49(37)40/h2-25,27-30H,26H2,1H3. The number of benzene rings is 7. The maximum absolute atomic E-state index is 6.69. The molecule has 7 aromatic carbocycles. The van der Waals surface area contributed by atoms with Crippen LogP contribution in [0.1, 0.15) is 17.4 Å². The first kappa shape index (κ1) is 33.0. The summed E-state index contributed by atoms with van der Waals surface area (Å²) in [4.78, 5) is 17.4. The maximum atomic E-state index is 6.69. The van der Waals surface area contributed by atoms with Gasteiger partial charge in [-0.05, 0) is 82.6 Å². The fraction of sp³-hybridized carbons (Fsp3) is 0.0577. The van der Waals surface area contributed by atoms with Crippen LogP contribution in [-0.2, 0) is 6.42 Å². The second kappa shape index (κ2) is 12.9. The third kappa shape index (κ3) is 5.26. The number of hydrogen-bond acceptors (Lipinski definition) is 6. The quantitative estimate of drug-likeness (QED) is 0.175. The second-order valence-corrected chi connectivity index (χ2v) is 16.3. The molecule has 0 amide bonds. The molecular weight excluding hydrogens is 731 g/mol. The number of allylic oxidation sites excluding steroid dienone is 1. The molecule has 4 heterocycles. The van der Waals surface area contributed by atoms with Gasteiger partial charge in [0, 0.05) is 47.6 Å². The number of aromatic nitrogens is 3. The van der Waals surface area contributed by atoms with E-state index in [0.717, 1.165) is 89.2 Å². The number of nitrogens with zero attached hydrogens (tertiary/aromatic N) is 3. The monoisotopic (exact) mass is 763 g/mol. The zero-order valence-corrected chi connectivity index (χ0v) is 32.3. The van der Waals surface area contributed by atoms with Gasteiger partial charge in [-0.25, -0.2) is 15.0 Å². The van der Waals surface area contributed by atoms with Gasteiger partial charge in [0.25, 0.3) is 0 Å². The van der Waals surface area contributed by atoms with Crippen LogP contribution >= 0.6 is 11.3 Å². The van der Waals surface area contributed by atoms with E-state index in [1.54, 1.807) is 0 Å². The van der Waals surface area contributed by atoms with Crippen molar-refractivity contribution in [1.29, 1.82) is 0 Å². The molecule has 12 rings (SSSR count). The highest BCUT2D eigenvalue weighted by atomic mass is 32.1. The van der Waals surface area contributed by atoms with Crippen molar-refractivity contribution in [2.24, 2.45) is 5.92 Å². The summed E-state index contributed by atoms with van der Waals surface area (Å²) in [6.07, 6.45) is 5.71. The van der Waals surface area contributed by atoms with Crippen molar-refractivity contribution in [1.82, 2.24) is 15.0 Å². The number of rotatable bonds is 5. The highest BCUT2D eigenvalue weighted by Gasteiger charge is 2.24. The van der Waals surface area contributed by atoms with Gasteiger partial charge in [0.05, 0.1) is 5.56 Å². The first-order chi connectivity index (χ1) is 28.6. The summed E-state index contributed by atoms with van der Waals surface area (Å²) >= 11 is 1.90. The van der Waals surface area contributed by atoms with E-state index in [0.29, 0.717) is 23.4 Å². The molecule has 0 aliphatic heterocycles. The van der Waals surface area contributed by atoms with E-state index in [1.165, 1.54) is 20.5 Å². The van der Waals surface area contributed by atoms with Crippen LogP contribution in [0, 0.1) is 5.92 Å². The third-order valence-corrected chi connectivity index (χ3v) is 12.7. The Kier molecular flexibility index (Phi) is 7.37. The molecule has 0 bridgehead atoms. The number of furan rings is 2. The Morgan fingerprint density at radius 3 is 2.05 bits per heavy atom. The Balaban J connectivity index is 1.15. The molecule has 58 heavy (non-hydrogen) atoms. The molecule has 0 saturated heterocycles. The number of para-hydroxylation sites is 3. The van der Waals surface area contributed by atoms with Gasteiger partial charge in [-0.3, -0.25) is 0 Å². The number of fused-ring (bicyclic) bond motifs is 9. The van der Waals surface area contributed by atoms with E-state index in [-0.39, 0.29) is 0 Å². The molecular formula is C52H33N3O2S. The van der Waals surface area contributed by atoms with E-state index < -0.39 is 0 Å². The predicted octanol–water partition coefficient (Wildman–Crippen LogP) is 14.4. The molecule has 0 fully saturated rings. The van der Waals surface area contributed by atoms with Gasteiger partial charge in [-0.15, -0.1) is 11.3 Å². The summed E-state index contributed by atoms with van der Waals surface area (Å²) in [6.45, 7) is 2.29. The summed E-state index contributed by atoms with van der Waals surface area (Å²) in [7, 11) is 0. The molecule has 11 aromatic rings. The van der Waals surface area contributed by atoms with Gasteiger partial charge in [-0.1, -0.05) is 128 Å². The lowest BCUT2D eigenvalue weighted by Crippen LogP contribution is -2.01. The number of hydrogen-bond donors (Lipinski definition) is 0. The molecule has 0 radical (unpaired) electrons. The lowest BCUT2D eigenvalue weighted by molar-refractivity contribution is 0.668. The van der Waals surface area contributed by atoms with Crippen LogP contribution in [0.3, 0.4) is 0 Å². The van der Waals surface area contributed by atoms with Gasteiger partial charge in [-0.2, -0.15) is 0 Å². The highest BCUT2D eigenvalue weighted by Crippen LogP contribution is 2.46. The summed E-state index contributed by atoms with van der Waals surface area (Å²) in [5, 5.41) is 5.33. The first-order valence-electron chi connectivity index (χ1n) is 19.6. The smallest absolute Gasteiger partial charge is 0.167 e. The van der Waals surface area contributed by atoms with Gasteiger partial charge >= 0.3 is 0 Å². The van der Waals surface area contributed by atoms with E-state index in [1.807, 2.05) is 53.8 Å². The molecule has 6 heteroatoms. The van der Waals surface area contributed by atoms with Gasteiger partial charge < -0.3 is 8.83 Å². The Labute approximate surface area is 337 Å². The van der Waals surface area contributed by atoms with Crippen LogP contribution < -0.4 is 0 Å². The first-order valence-corrected chi connectivity index (χ1v) is 20.5. The van der Waals surface area contributed by atoms with E-state index >= 15 is 0 Å². The van der Waals surface area contributed by atoms with Crippen LogP contribution in [0.25, 0.3) is 116 Å². The molecule has 0 spiro atoms. The molecule has 5 nitrogen and oxygen atoms in total. The molecule has 0 N–H and O–H groups in total. The Hall–Kier alpha value is -7.15. The third-order valence-electron chi connectivity index (χ3n) is 11.5. The molecule has 1 unspecified atom stereocenters. The number of thiophene rings is 1. The molecule has 0 saturated carbocycles. The Morgan fingerprint density at radius 1 is 0.500 bits per heavy atom. The average molecular weight is 764 g/mol. The van der Waals surface area contributed by atoms with Crippen molar-refractivity contribution in [3.63, 3.8) is 0 Å². The fourth-order valence-electron chi connectivity index (χ4n) is 8.73.